The summed E-state index contributed by atoms with van der Waals surface area (Å²) in [5.74, 6) is 1.59. The molecule has 94 valence electrons. The van der Waals surface area contributed by atoms with Crippen molar-refractivity contribution >= 4 is 21.7 Å². The molecule has 4 heteroatoms. The summed E-state index contributed by atoms with van der Waals surface area (Å²) in [5.41, 5.74) is 9.20. The van der Waals surface area contributed by atoms with Gasteiger partial charge in [-0.25, -0.2) is 4.98 Å². The van der Waals surface area contributed by atoms with Gasteiger partial charge in [-0.3, -0.25) is 0 Å². The van der Waals surface area contributed by atoms with Crippen LogP contribution in [0.15, 0.2) is 35.3 Å². The van der Waals surface area contributed by atoms with Gasteiger partial charge >= 0.3 is 0 Å². The van der Waals surface area contributed by atoms with E-state index in [2.05, 4.69) is 40.5 Å². The third kappa shape index (κ3) is 2.20. The zero-order valence-corrected chi connectivity index (χ0v) is 12.2. The highest BCUT2D eigenvalue weighted by Gasteiger charge is 2.13. The molecule has 0 spiro atoms. The van der Waals surface area contributed by atoms with Gasteiger partial charge in [-0.1, -0.05) is 28.1 Å². The molecule has 0 atom stereocenters. The van der Waals surface area contributed by atoms with Crippen molar-refractivity contribution in [1.82, 2.24) is 9.55 Å². The zero-order valence-electron chi connectivity index (χ0n) is 10.6. The second-order valence-electron chi connectivity index (χ2n) is 4.26. The molecule has 1 aromatic heterocycles. The first kappa shape index (κ1) is 12.9. The van der Waals surface area contributed by atoms with E-state index in [-0.39, 0.29) is 0 Å². The molecule has 0 amide bonds. The van der Waals surface area contributed by atoms with Crippen molar-refractivity contribution in [3.05, 3.63) is 46.7 Å². The van der Waals surface area contributed by atoms with Gasteiger partial charge in [0.05, 0.1) is 0 Å². The summed E-state index contributed by atoms with van der Waals surface area (Å²) >= 11 is 3.49. The lowest BCUT2D eigenvalue weighted by Gasteiger charge is -2.05. The second kappa shape index (κ2) is 4.98. The van der Waals surface area contributed by atoms with Crippen LogP contribution in [0.4, 0.5) is 5.82 Å². The quantitative estimate of drug-likeness (QED) is 0.879. The van der Waals surface area contributed by atoms with Gasteiger partial charge in [0.25, 0.3) is 0 Å². The minimum absolute atomic E-state index is 0.681. The normalized spacial score (nSPS) is 10.6. The average Bonchev–Trinajstić information content (AvgIpc) is 2.61. The van der Waals surface area contributed by atoms with E-state index in [4.69, 9.17) is 5.73 Å². The molecule has 0 unspecified atom stereocenters. The fourth-order valence-corrected chi connectivity index (χ4v) is 2.19. The summed E-state index contributed by atoms with van der Waals surface area (Å²) in [6.07, 6.45) is 1.82. The van der Waals surface area contributed by atoms with Gasteiger partial charge in [-0.15, -0.1) is 6.58 Å². The third-order valence-corrected chi connectivity index (χ3v) is 3.83. The first-order valence-electron chi connectivity index (χ1n) is 5.74. The average molecular weight is 306 g/mol. The maximum absolute atomic E-state index is 6.15. The highest BCUT2D eigenvalue weighted by molar-refractivity contribution is 9.10. The molecule has 0 aliphatic heterocycles. The molecular formula is C14H16BrN3. The Morgan fingerprint density at radius 1 is 1.44 bits per heavy atom. The van der Waals surface area contributed by atoms with Crippen LogP contribution < -0.4 is 5.73 Å². The Morgan fingerprint density at radius 2 is 2.17 bits per heavy atom. The first-order valence-corrected chi connectivity index (χ1v) is 6.54. The molecule has 0 aliphatic rings. The molecule has 2 rings (SSSR count). The molecule has 0 saturated heterocycles. The molecule has 0 bridgehead atoms. The predicted octanol–water partition coefficient (Wildman–Crippen LogP) is 3.70. The first-order chi connectivity index (χ1) is 8.54. The van der Waals surface area contributed by atoms with Crippen molar-refractivity contribution in [3.63, 3.8) is 0 Å². The van der Waals surface area contributed by atoms with Gasteiger partial charge in [-0.2, -0.15) is 0 Å². The number of nitrogens with two attached hydrogens (primary N) is 1. The number of halogens is 1. The van der Waals surface area contributed by atoms with Crippen LogP contribution in [0.3, 0.4) is 0 Å². The lowest BCUT2D eigenvalue weighted by atomic mass is 10.1. The number of hydrogen-bond acceptors (Lipinski definition) is 2. The van der Waals surface area contributed by atoms with Gasteiger partial charge in [0.15, 0.2) is 0 Å². The number of nitrogen functional groups attached to an aromatic ring is 1. The van der Waals surface area contributed by atoms with Crippen LogP contribution in [0, 0.1) is 13.8 Å². The van der Waals surface area contributed by atoms with E-state index in [1.807, 2.05) is 29.7 Å². The maximum atomic E-state index is 6.15. The summed E-state index contributed by atoms with van der Waals surface area (Å²) in [5, 5.41) is 0. The molecule has 1 heterocycles. The molecule has 0 fully saturated rings. The van der Waals surface area contributed by atoms with E-state index in [0.29, 0.717) is 12.4 Å². The number of benzene rings is 1. The largest absolute Gasteiger partial charge is 0.383 e. The van der Waals surface area contributed by atoms with Crippen LogP contribution in [0.1, 0.15) is 11.4 Å². The van der Waals surface area contributed by atoms with E-state index >= 15 is 0 Å². The second-order valence-corrected chi connectivity index (χ2v) is 5.11. The van der Waals surface area contributed by atoms with Gasteiger partial charge in [0.2, 0.25) is 0 Å². The molecular weight excluding hydrogens is 290 g/mol. The number of aryl methyl sites for hydroxylation is 2. The Hall–Kier alpha value is -1.55. The van der Waals surface area contributed by atoms with Gasteiger partial charge in [0, 0.05) is 16.6 Å². The summed E-state index contributed by atoms with van der Waals surface area (Å²) < 4.78 is 3.05. The van der Waals surface area contributed by atoms with E-state index in [0.717, 1.165) is 21.6 Å². The monoisotopic (exact) mass is 305 g/mol. The topological polar surface area (TPSA) is 43.8 Å². The van der Waals surface area contributed by atoms with Crippen molar-refractivity contribution in [2.24, 2.45) is 0 Å². The zero-order chi connectivity index (χ0) is 13.3. The third-order valence-electron chi connectivity index (χ3n) is 2.94. The van der Waals surface area contributed by atoms with Crippen molar-refractivity contribution < 1.29 is 0 Å². The smallest absolute Gasteiger partial charge is 0.132 e. The Balaban J connectivity index is 2.54. The van der Waals surface area contributed by atoms with Crippen molar-refractivity contribution in [1.29, 1.82) is 0 Å². The Bertz CT molecular complexity index is 599. The van der Waals surface area contributed by atoms with E-state index < -0.39 is 0 Å². The molecule has 2 aromatic rings. The lowest BCUT2D eigenvalue weighted by Crippen LogP contribution is -2.03. The van der Waals surface area contributed by atoms with E-state index in [1.165, 1.54) is 5.56 Å². The van der Waals surface area contributed by atoms with Crippen LogP contribution in [0.2, 0.25) is 0 Å². The van der Waals surface area contributed by atoms with Crippen molar-refractivity contribution in [2.75, 3.05) is 5.73 Å². The number of rotatable bonds is 3. The van der Waals surface area contributed by atoms with Crippen LogP contribution in [-0.4, -0.2) is 9.55 Å². The summed E-state index contributed by atoms with van der Waals surface area (Å²) in [7, 11) is 0. The standard InChI is InChI=1S/C14H16BrN3/c1-4-7-18-10(3)17-13(14(18)16)11-5-6-12(15)9(2)8-11/h4-6,8H,1,7,16H2,2-3H3. The SMILES string of the molecule is C=CCn1c(C)nc(-c2ccc(Br)c(C)c2)c1N. The van der Waals surface area contributed by atoms with Crippen LogP contribution in [0.25, 0.3) is 11.3 Å². The Morgan fingerprint density at radius 3 is 2.78 bits per heavy atom. The van der Waals surface area contributed by atoms with Crippen LogP contribution >= 0.6 is 15.9 Å². The highest BCUT2D eigenvalue weighted by Crippen LogP contribution is 2.29. The van der Waals surface area contributed by atoms with E-state index in [1.54, 1.807) is 0 Å². The Labute approximate surface area is 115 Å². The summed E-state index contributed by atoms with van der Waals surface area (Å²) in [6, 6.07) is 6.12. The molecule has 3 nitrogen and oxygen atoms in total. The number of nitrogens with zero attached hydrogens (tertiary/aromatic N) is 2. The van der Waals surface area contributed by atoms with E-state index in [9.17, 15) is 0 Å². The minimum atomic E-state index is 0.681. The van der Waals surface area contributed by atoms with Gasteiger partial charge in [0.1, 0.15) is 17.3 Å². The van der Waals surface area contributed by atoms with Crippen LogP contribution in [-0.2, 0) is 6.54 Å². The molecule has 0 saturated carbocycles. The van der Waals surface area contributed by atoms with Crippen molar-refractivity contribution in [3.8, 4) is 11.3 Å². The maximum Gasteiger partial charge on any atom is 0.132 e. The molecule has 1 aromatic carbocycles. The van der Waals surface area contributed by atoms with Gasteiger partial charge in [-0.05, 0) is 31.5 Å². The number of imidazole rings is 1. The van der Waals surface area contributed by atoms with Crippen molar-refractivity contribution in [2.45, 2.75) is 20.4 Å². The van der Waals surface area contributed by atoms with Crippen LogP contribution in [0.5, 0.6) is 0 Å². The number of aromatic nitrogens is 2. The molecule has 2 N–H and O–H groups in total. The Kier molecular flexibility index (Phi) is 3.57. The number of anilines is 1. The number of allylic oxidation sites excluding steroid dienone is 1. The number of hydrogen-bond donors (Lipinski definition) is 1. The summed E-state index contributed by atoms with van der Waals surface area (Å²) in [4.78, 5) is 4.54. The van der Waals surface area contributed by atoms with Gasteiger partial charge < -0.3 is 10.3 Å². The highest BCUT2D eigenvalue weighted by atomic mass is 79.9. The fraction of sp³-hybridized carbons (Fsp3) is 0.214. The molecule has 0 aliphatic carbocycles. The molecule has 18 heavy (non-hydrogen) atoms. The fourth-order valence-electron chi connectivity index (χ4n) is 1.95. The minimum Gasteiger partial charge on any atom is -0.383 e. The predicted molar refractivity (Wildman–Crippen MR) is 79.4 cm³/mol. The molecule has 0 radical (unpaired) electrons. The summed E-state index contributed by atoms with van der Waals surface area (Å²) in [6.45, 7) is 8.42. The lowest BCUT2D eigenvalue weighted by molar-refractivity contribution is 0.792.